The second kappa shape index (κ2) is 13.8. The average Bonchev–Trinajstić information content (AvgIpc) is 3.38. The number of rotatable bonds is 13. The van der Waals surface area contributed by atoms with Gasteiger partial charge in [-0.15, -0.1) is 0 Å². The minimum absolute atomic E-state index is 0.0261. The van der Waals surface area contributed by atoms with Crippen molar-refractivity contribution in [1.29, 1.82) is 0 Å². The number of ether oxygens (including phenoxy) is 1. The summed E-state index contributed by atoms with van der Waals surface area (Å²) in [6, 6.07) is -1.40. The van der Waals surface area contributed by atoms with E-state index in [1.807, 2.05) is 20.8 Å². The Morgan fingerprint density at radius 2 is 1.66 bits per heavy atom. The lowest BCUT2D eigenvalue weighted by Gasteiger charge is -2.29. The molecule has 2 fully saturated rings. The van der Waals surface area contributed by atoms with Gasteiger partial charge in [-0.1, -0.05) is 32.1 Å². The normalized spacial score (nSPS) is 22.9. The van der Waals surface area contributed by atoms with Gasteiger partial charge in [0.15, 0.2) is 0 Å². The van der Waals surface area contributed by atoms with Gasteiger partial charge in [0, 0.05) is 12.5 Å². The van der Waals surface area contributed by atoms with Gasteiger partial charge >= 0.3 is 6.09 Å². The van der Waals surface area contributed by atoms with Gasteiger partial charge in [-0.2, -0.15) is 0 Å². The van der Waals surface area contributed by atoms with E-state index < -0.39 is 45.4 Å². The van der Waals surface area contributed by atoms with Gasteiger partial charge < -0.3 is 20.7 Å². The fourth-order valence-electron chi connectivity index (χ4n) is 4.73. The molecule has 0 aromatic rings. The minimum atomic E-state index is -1.38. The molecule has 2 aliphatic rings. The average molecular weight is 557 g/mol. The van der Waals surface area contributed by atoms with Crippen molar-refractivity contribution >= 4 is 34.8 Å². The van der Waals surface area contributed by atoms with Crippen molar-refractivity contribution in [1.82, 2.24) is 14.9 Å². The zero-order chi connectivity index (χ0) is 28.7. The van der Waals surface area contributed by atoms with Crippen LogP contribution >= 0.6 is 0 Å². The van der Waals surface area contributed by atoms with Crippen LogP contribution in [0.4, 0.5) is 4.79 Å². The van der Waals surface area contributed by atoms with E-state index in [2.05, 4.69) is 10.0 Å². The van der Waals surface area contributed by atoms with E-state index in [-0.39, 0.29) is 17.7 Å². The van der Waals surface area contributed by atoms with Crippen molar-refractivity contribution < 1.29 is 28.1 Å². The van der Waals surface area contributed by atoms with Crippen LogP contribution in [0.1, 0.15) is 106 Å². The van der Waals surface area contributed by atoms with E-state index in [9.17, 15) is 23.4 Å². The van der Waals surface area contributed by atoms with Crippen LogP contribution in [0.3, 0.4) is 0 Å². The Kier molecular flexibility index (Phi) is 11.6. The molecule has 4 amide bonds. The first-order valence-electron chi connectivity index (χ1n) is 13.9. The Balaban J connectivity index is 1.73. The lowest BCUT2D eigenvalue weighted by Crippen LogP contribution is -2.53. The number of carbonyl (C=O) groups is 4. The van der Waals surface area contributed by atoms with E-state index >= 15 is 0 Å². The molecule has 0 radical (unpaired) electrons. The van der Waals surface area contributed by atoms with Crippen molar-refractivity contribution in [2.75, 3.05) is 6.54 Å². The van der Waals surface area contributed by atoms with E-state index in [0.717, 1.165) is 44.9 Å². The van der Waals surface area contributed by atoms with Crippen molar-refractivity contribution in [3.63, 3.8) is 0 Å². The molecule has 4 N–H and O–H groups in total. The van der Waals surface area contributed by atoms with Crippen molar-refractivity contribution in [3.05, 3.63) is 0 Å². The fourth-order valence-corrected chi connectivity index (χ4v) is 5.37. The maximum Gasteiger partial charge on any atom is 0.408 e. The molecule has 5 atom stereocenters. The molecule has 11 heteroatoms. The Labute approximate surface area is 230 Å². The lowest BCUT2D eigenvalue weighted by molar-refractivity contribution is -0.139. The third-order valence-corrected chi connectivity index (χ3v) is 8.43. The summed E-state index contributed by atoms with van der Waals surface area (Å²) in [7, 11) is -1.38. The summed E-state index contributed by atoms with van der Waals surface area (Å²) in [5, 5.41) is 2.71. The smallest absolute Gasteiger partial charge is 0.408 e. The maximum absolute atomic E-state index is 13.2. The molecule has 10 nitrogen and oxygen atoms in total. The van der Waals surface area contributed by atoms with Gasteiger partial charge in [-0.05, 0) is 79.6 Å². The van der Waals surface area contributed by atoms with Gasteiger partial charge in [0.25, 0.3) is 0 Å². The van der Waals surface area contributed by atoms with E-state index in [0.29, 0.717) is 31.7 Å². The summed E-state index contributed by atoms with van der Waals surface area (Å²) in [6.45, 7) is 11.2. The van der Waals surface area contributed by atoms with E-state index in [4.69, 9.17) is 10.5 Å². The fraction of sp³-hybridized carbons (Fsp3) is 0.852. The summed E-state index contributed by atoms with van der Waals surface area (Å²) < 4.78 is 19.6. The van der Waals surface area contributed by atoms with Gasteiger partial charge in [-0.3, -0.25) is 19.1 Å². The quantitative estimate of drug-likeness (QED) is 0.297. The number of unbranched alkanes of at least 4 members (excludes halogenated alkanes) is 4. The van der Waals surface area contributed by atoms with Crippen LogP contribution in [0.5, 0.6) is 0 Å². The van der Waals surface area contributed by atoms with E-state index in [1.54, 1.807) is 20.8 Å². The molecule has 1 aliphatic carbocycles. The second-order valence-corrected chi connectivity index (χ2v) is 14.6. The number of alkyl carbamates (subject to hydrolysis) is 1. The summed E-state index contributed by atoms with van der Waals surface area (Å²) in [5.74, 6) is -0.576. The van der Waals surface area contributed by atoms with Crippen LogP contribution in [0.15, 0.2) is 0 Å². The molecule has 0 unspecified atom stereocenters. The predicted octanol–water partition coefficient (Wildman–Crippen LogP) is 3.30. The first-order chi connectivity index (χ1) is 17.6. The predicted molar refractivity (Wildman–Crippen MR) is 147 cm³/mol. The first-order valence-corrected chi connectivity index (χ1v) is 15.1. The molecule has 2 rings (SSSR count). The molecule has 1 heterocycles. The molecular formula is C27H48N4O6S. The van der Waals surface area contributed by atoms with Gasteiger partial charge in [-0.25, -0.2) is 9.00 Å². The minimum Gasteiger partial charge on any atom is -0.444 e. The molecule has 0 aromatic carbocycles. The Bertz CT molecular complexity index is 882. The third-order valence-electron chi connectivity index (χ3n) is 6.93. The molecule has 1 saturated carbocycles. The van der Waals surface area contributed by atoms with Crippen molar-refractivity contribution in [2.45, 2.75) is 128 Å². The monoisotopic (exact) mass is 556 g/mol. The highest BCUT2D eigenvalue weighted by Gasteiger charge is 2.43. The summed E-state index contributed by atoms with van der Waals surface area (Å²) in [4.78, 5) is 51.2. The van der Waals surface area contributed by atoms with E-state index in [1.165, 1.54) is 4.90 Å². The maximum atomic E-state index is 13.2. The highest BCUT2D eigenvalue weighted by atomic mass is 32.2. The molecule has 0 bridgehead atoms. The highest BCUT2D eigenvalue weighted by molar-refractivity contribution is 7.85. The molecule has 1 saturated heterocycles. The number of carbonyl (C=O) groups excluding carboxylic acids is 4. The van der Waals surface area contributed by atoms with Gasteiger partial charge in [0.2, 0.25) is 17.7 Å². The van der Waals surface area contributed by atoms with Crippen LogP contribution < -0.4 is 15.8 Å². The number of nitrogens with zero attached hydrogens (tertiary/aromatic N) is 1. The molecule has 38 heavy (non-hydrogen) atoms. The molecule has 1 aliphatic heterocycles. The molecule has 0 aromatic heterocycles. The number of nitrogens with two attached hydrogens (primary N) is 1. The molecular weight excluding hydrogens is 508 g/mol. The summed E-state index contributed by atoms with van der Waals surface area (Å²) >= 11 is 0. The van der Waals surface area contributed by atoms with Crippen molar-refractivity contribution in [3.8, 4) is 0 Å². The SMILES string of the molecule is CC(C)(C)OC(=O)N[C@@H](CCCCCCC[C@@H]1C[C@@H]1C(=O)N[S@](=O)C(C)(C)C)C(=O)N1CCC[C@H]1C(N)=O. The number of likely N-dealkylation sites (tertiary alicyclic amines) is 1. The number of amides is 4. The first kappa shape index (κ1) is 32.0. The van der Waals surface area contributed by atoms with Crippen LogP contribution in [0.25, 0.3) is 0 Å². The topological polar surface area (TPSA) is 148 Å². The zero-order valence-electron chi connectivity index (χ0n) is 24.0. The summed E-state index contributed by atoms with van der Waals surface area (Å²) in [5.41, 5.74) is 4.80. The number of nitrogens with one attached hydrogen (secondary N) is 2. The van der Waals surface area contributed by atoms with Crippen LogP contribution in [0.2, 0.25) is 0 Å². The number of primary amides is 1. The molecule has 218 valence electrons. The lowest BCUT2D eigenvalue weighted by atomic mass is 10.0. The highest BCUT2D eigenvalue weighted by Crippen LogP contribution is 2.42. The number of hydrogen-bond acceptors (Lipinski definition) is 6. The Morgan fingerprint density at radius 3 is 2.26 bits per heavy atom. The zero-order valence-corrected chi connectivity index (χ0v) is 24.8. The van der Waals surface area contributed by atoms with Gasteiger partial charge in [0.05, 0.1) is 4.75 Å². The number of hydrogen-bond donors (Lipinski definition) is 3. The molecule has 0 spiro atoms. The third kappa shape index (κ3) is 10.5. The van der Waals surface area contributed by atoms with Crippen LogP contribution in [-0.4, -0.2) is 61.9 Å². The second-order valence-electron chi connectivity index (χ2n) is 12.6. The van der Waals surface area contributed by atoms with Crippen LogP contribution in [-0.2, 0) is 30.1 Å². The van der Waals surface area contributed by atoms with Gasteiger partial charge in [0.1, 0.15) is 28.7 Å². The Morgan fingerprint density at radius 1 is 1.03 bits per heavy atom. The summed E-state index contributed by atoms with van der Waals surface area (Å²) in [6.07, 6.45) is 7.55. The standard InChI is InChI=1S/C27H48N4O6S/c1-26(2,3)37-25(35)29-20(24(34)31-16-12-15-21(31)22(28)32)14-11-9-7-8-10-13-18-17-19(18)23(33)30-38(36)27(4,5)6/h18-21H,7-17H2,1-6H3,(H2,28,32)(H,29,35)(H,30,33)/t18-,19+,20+,21+,38-/m1/s1. The largest absolute Gasteiger partial charge is 0.444 e. The Hall–Kier alpha value is -2.17. The van der Waals surface area contributed by atoms with Crippen molar-refractivity contribution in [2.24, 2.45) is 17.6 Å². The van der Waals surface area contributed by atoms with Crippen LogP contribution in [0, 0.1) is 11.8 Å².